The van der Waals surface area contributed by atoms with E-state index < -0.39 is 28.0 Å². The van der Waals surface area contributed by atoms with Crippen molar-refractivity contribution in [2.24, 2.45) is 5.92 Å². The lowest BCUT2D eigenvalue weighted by Gasteiger charge is -2.18. The topological polar surface area (TPSA) is 129 Å². The van der Waals surface area contributed by atoms with Gasteiger partial charge < -0.3 is 19.7 Å². The van der Waals surface area contributed by atoms with Crippen molar-refractivity contribution in [1.82, 2.24) is 4.72 Å². The fourth-order valence-electron chi connectivity index (χ4n) is 5.19. The minimum Gasteiger partial charge on any atom is -0.480 e. The summed E-state index contributed by atoms with van der Waals surface area (Å²) < 4.78 is 33.7. The molecule has 3 N–H and O–H groups in total. The number of rotatable bonds is 9. The van der Waals surface area contributed by atoms with Crippen LogP contribution in [0.15, 0.2) is 76.0 Å². The van der Waals surface area contributed by atoms with Gasteiger partial charge in [0, 0.05) is 35.4 Å². The normalized spacial score (nSPS) is 14.5. The third kappa shape index (κ3) is 5.84. The van der Waals surface area contributed by atoms with E-state index >= 15 is 0 Å². The monoisotopic (exact) mass is 575 g/mol. The van der Waals surface area contributed by atoms with Crippen LogP contribution >= 0.6 is 0 Å². The van der Waals surface area contributed by atoms with E-state index in [1.165, 1.54) is 12.1 Å². The fourth-order valence-corrected chi connectivity index (χ4v) is 6.52. The van der Waals surface area contributed by atoms with Crippen molar-refractivity contribution in [1.29, 1.82) is 0 Å². The maximum atomic E-state index is 13.2. The van der Waals surface area contributed by atoms with E-state index in [9.17, 15) is 23.1 Å². The number of carbonyl (C=O) groups excluding carboxylic acids is 1. The standard InChI is InChI=1S/C31H33N3O6S/c1-19(2)28(31(36)37)33-41(38,39)24-15-11-22(12-16-24)21-9-13-23(14-10-21)32-30(35)29-20(3)27-25(34-17-4-5-18-34)7-6-8-26(27)40-29/h6-16,19,28,33H,4-5,17-18H2,1-3H3,(H,32,35)(H,36,37)/t28-/m0/s1. The summed E-state index contributed by atoms with van der Waals surface area (Å²) in [7, 11) is -4.01. The second-order valence-corrected chi connectivity index (χ2v) is 12.4. The van der Waals surface area contributed by atoms with Gasteiger partial charge in [0.25, 0.3) is 5.91 Å². The van der Waals surface area contributed by atoms with E-state index in [4.69, 9.17) is 4.42 Å². The summed E-state index contributed by atoms with van der Waals surface area (Å²) in [5.41, 5.74) is 4.78. The highest BCUT2D eigenvalue weighted by Gasteiger charge is 2.28. The Kier molecular flexibility index (Phi) is 7.88. The number of carboxylic acid groups (broad SMARTS) is 1. The SMILES string of the molecule is Cc1c(C(=O)Nc2ccc(-c3ccc(S(=O)(=O)N[C@H](C(=O)O)C(C)C)cc3)cc2)oc2cccc(N3CCCC3)c12. The molecule has 2 heterocycles. The number of benzene rings is 3. The molecule has 0 radical (unpaired) electrons. The lowest BCUT2D eigenvalue weighted by Crippen LogP contribution is -2.44. The molecule has 1 amide bonds. The highest BCUT2D eigenvalue weighted by molar-refractivity contribution is 7.89. The Morgan fingerprint density at radius 3 is 2.12 bits per heavy atom. The predicted octanol–water partition coefficient (Wildman–Crippen LogP) is 5.65. The van der Waals surface area contributed by atoms with Crippen LogP contribution in [0.25, 0.3) is 22.1 Å². The number of nitrogens with zero attached hydrogens (tertiary/aromatic N) is 1. The van der Waals surface area contributed by atoms with Crippen LogP contribution in [0.4, 0.5) is 11.4 Å². The smallest absolute Gasteiger partial charge is 0.322 e. The lowest BCUT2D eigenvalue weighted by atomic mass is 10.1. The number of carbonyl (C=O) groups is 2. The van der Waals surface area contributed by atoms with Crippen LogP contribution in [-0.4, -0.2) is 44.5 Å². The van der Waals surface area contributed by atoms with E-state index in [0.717, 1.165) is 53.7 Å². The Morgan fingerprint density at radius 1 is 0.927 bits per heavy atom. The molecular formula is C31H33N3O6S. The minimum atomic E-state index is -4.01. The van der Waals surface area contributed by atoms with Gasteiger partial charge in [-0.2, -0.15) is 4.72 Å². The number of hydrogen-bond donors (Lipinski definition) is 3. The van der Waals surface area contributed by atoms with E-state index in [2.05, 4.69) is 21.0 Å². The molecule has 10 heteroatoms. The summed E-state index contributed by atoms with van der Waals surface area (Å²) >= 11 is 0. The molecule has 0 spiro atoms. The number of carboxylic acids is 1. The molecule has 0 bridgehead atoms. The first-order valence-corrected chi connectivity index (χ1v) is 15.1. The largest absolute Gasteiger partial charge is 0.480 e. The van der Waals surface area contributed by atoms with Gasteiger partial charge in [-0.15, -0.1) is 0 Å². The van der Waals surface area contributed by atoms with Gasteiger partial charge in [-0.3, -0.25) is 9.59 Å². The number of hydrogen-bond acceptors (Lipinski definition) is 6. The maximum Gasteiger partial charge on any atom is 0.322 e. The molecular weight excluding hydrogens is 542 g/mol. The first-order valence-electron chi connectivity index (χ1n) is 13.6. The van der Waals surface area contributed by atoms with Crippen LogP contribution in [0, 0.1) is 12.8 Å². The second-order valence-electron chi connectivity index (χ2n) is 10.6. The highest BCUT2D eigenvalue weighted by atomic mass is 32.2. The summed E-state index contributed by atoms with van der Waals surface area (Å²) in [6.45, 7) is 7.18. The zero-order valence-electron chi connectivity index (χ0n) is 23.2. The van der Waals surface area contributed by atoms with Crippen molar-refractivity contribution in [3.63, 3.8) is 0 Å². The predicted molar refractivity (Wildman–Crippen MR) is 159 cm³/mol. The summed E-state index contributed by atoms with van der Waals surface area (Å²) in [6.07, 6.45) is 2.31. The molecule has 1 aliphatic rings. The molecule has 0 aliphatic carbocycles. The molecule has 1 saturated heterocycles. The number of aliphatic carboxylic acids is 1. The number of furan rings is 1. The Bertz CT molecular complexity index is 1690. The molecule has 214 valence electrons. The molecule has 3 aromatic carbocycles. The van der Waals surface area contributed by atoms with Crippen molar-refractivity contribution in [2.45, 2.75) is 44.6 Å². The number of amides is 1. The van der Waals surface area contributed by atoms with Gasteiger partial charge in [0.1, 0.15) is 11.6 Å². The molecule has 1 aromatic heterocycles. The summed E-state index contributed by atoms with van der Waals surface area (Å²) in [5.74, 6) is -1.69. The van der Waals surface area contributed by atoms with Crippen LogP contribution < -0.4 is 14.9 Å². The molecule has 4 aromatic rings. The van der Waals surface area contributed by atoms with E-state index in [1.54, 1.807) is 38.1 Å². The van der Waals surface area contributed by atoms with Gasteiger partial charge in [-0.1, -0.05) is 44.2 Å². The van der Waals surface area contributed by atoms with Crippen molar-refractivity contribution < 1.29 is 27.5 Å². The van der Waals surface area contributed by atoms with Gasteiger partial charge in [-0.25, -0.2) is 8.42 Å². The molecule has 5 rings (SSSR count). The molecule has 9 nitrogen and oxygen atoms in total. The average molecular weight is 576 g/mol. The fraction of sp³-hybridized carbons (Fsp3) is 0.290. The van der Waals surface area contributed by atoms with Gasteiger partial charge in [0.05, 0.1) is 4.90 Å². The third-order valence-corrected chi connectivity index (χ3v) is 8.90. The van der Waals surface area contributed by atoms with Crippen molar-refractivity contribution in [3.05, 3.63) is 78.1 Å². The van der Waals surface area contributed by atoms with E-state index in [0.29, 0.717) is 11.3 Å². The molecule has 1 fully saturated rings. The zero-order valence-corrected chi connectivity index (χ0v) is 24.0. The molecule has 0 unspecified atom stereocenters. The van der Waals surface area contributed by atoms with Crippen molar-refractivity contribution in [2.75, 3.05) is 23.3 Å². The van der Waals surface area contributed by atoms with Crippen molar-refractivity contribution >= 4 is 44.2 Å². The maximum absolute atomic E-state index is 13.2. The first kappa shape index (κ1) is 28.4. The second kappa shape index (κ2) is 11.4. The van der Waals surface area contributed by atoms with Crippen LogP contribution in [0.2, 0.25) is 0 Å². The van der Waals surface area contributed by atoms with Gasteiger partial charge in [-0.05, 0) is 73.2 Å². The Morgan fingerprint density at radius 2 is 1.54 bits per heavy atom. The number of fused-ring (bicyclic) bond motifs is 1. The third-order valence-electron chi connectivity index (χ3n) is 7.44. The Hall–Kier alpha value is -4.15. The number of nitrogens with one attached hydrogen (secondary N) is 2. The Labute approximate surface area is 239 Å². The first-order chi connectivity index (χ1) is 19.5. The quantitative estimate of drug-likeness (QED) is 0.235. The molecule has 41 heavy (non-hydrogen) atoms. The summed E-state index contributed by atoms with van der Waals surface area (Å²) in [5, 5.41) is 13.2. The minimum absolute atomic E-state index is 0.0221. The van der Waals surface area contributed by atoms with Gasteiger partial charge >= 0.3 is 5.97 Å². The Balaban J connectivity index is 1.30. The summed E-state index contributed by atoms with van der Waals surface area (Å²) in [6, 6.07) is 18.1. The molecule has 1 aliphatic heterocycles. The van der Waals surface area contributed by atoms with Crippen LogP contribution in [-0.2, 0) is 14.8 Å². The molecule has 0 saturated carbocycles. The number of sulfonamides is 1. The zero-order chi connectivity index (χ0) is 29.3. The van der Waals surface area contributed by atoms with Gasteiger partial charge in [0.2, 0.25) is 10.0 Å². The van der Waals surface area contributed by atoms with E-state index in [1.807, 2.05) is 31.2 Å². The summed E-state index contributed by atoms with van der Waals surface area (Å²) in [4.78, 5) is 26.9. The average Bonchev–Trinajstić information content (AvgIpc) is 3.60. The lowest BCUT2D eigenvalue weighted by molar-refractivity contribution is -0.140. The van der Waals surface area contributed by atoms with Gasteiger partial charge in [0.15, 0.2) is 5.76 Å². The van der Waals surface area contributed by atoms with Crippen molar-refractivity contribution in [3.8, 4) is 11.1 Å². The highest BCUT2D eigenvalue weighted by Crippen LogP contribution is 2.35. The van der Waals surface area contributed by atoms with Crippen LogP contribution in [0.3, 0.4) is 0 Å². The number of aryl methyl sites for hydroxylation is 1. The van der Waals surface area contributed by atoms with E-state index in [-0.39, 0.29) is 16.6 Å². The van der Waals surface area contributed by atoms with Crippen LogP contribution in [0.1, 0.15) is 42.8 Å². The number of anilines is 2. The van der Waals surface area contributed by atoms with Crippen LogP contribution in [0.5, 0.6) is 0 Å². The molecule has 1 atom stereocenters.